The molecular formula is C14H17F4NO2. The number of hydrogen-bond acceptors (Lipinski definition) is 2. The van der Waals surface area contributed by atoms with Crippen molar-refractivity contribution < 1.29 is 27.5 Å². The Balaban J connectivity index is 0.000000270. The molecule has 0 spiro atoms. The first-order valence-electron chi connectivity index (χ1n) is 6.48. The minimum atomic E-state index is -5.08. The molecule has 7 heteroatoms. The minimum absolute atomic E-state index is 0.162. The molecule has 0 radical (unpaired) electrons. The first-order chi connectivity index (χ1) is 9.84. The van der Waals surface area contributed by atoms with E-state index < -0.39 is 12.1 Å². The minimum Gasteiger partial charge on any atom is -0.475 e. The van der Waals surface area contributed by atoms with Crippen molar-refractivity contribution in [2.75, 3.05) is 13.2 Å². The lowest BCUT2D eigenvalue weighted by Gasteiger charge is -2.21. The fourth-order valence-corrected chi connectivity index (χ4v) is 2.10. The van der Waals surface area contributed by atoms with Gasteiger partial charge in [-0.2, -0.15) is 13.2 Å². The van der Waals surface area contributed by atoms with Crippen LogP contribution in [0, 0.1) is 0 Å². The van der Waals surface area contributed by atoms with Crippen molar-refractivity contribution in [2.45, 2.75) is 31.6 Å². The molecule has 1 unspecified atom stereocenters. The second-order valence-corrected chi connectivity index (χ2v) is 4.71. The van der Waals surface area contributed by atoms with Crippen LogP contribution in [0.1, 0.15) is 18.4 Å². The Hall–Kier alpha value is -1.63. The van der Waals surface area contributed by atoms with Crippen molar-refractivity contribution >= 4 is 5.97 Å². The molecule has 0 amide bonds. The van der Waals surface area contributed by atoms with Crippen LogP contribution in [0.15, 0.2) is 30.3 Å². The van der Waals surface area contributed by atoms with Crippen LogP contribution in [-0.4, -0.2) is 41.4 Å². The van der Waals surface area contributed by atoms with Crippen LogP contribution in [-0.2, 0) is 11.3 Å². The molecule has 0 bridgehead atoms. The molecule has 3 nitrogen and oxygen atoms in total. The van der Waals surface area contributed by atoms with Gasteiger partial charge in [0.2, 0.25) is 0 Å². The van der Waals surface area contributed by atoms with Gasteiger partial charge in [-0.3, -0.25) is 4.90 Å². The highest BCUT2D eigenvalue weighted by molar-refractivity contribution is 5.73. The number of carboxylic acid groups (broad SMARTS) is 1. The largest absolute Gasteiger partial charge is 0.490 e. The van der Waals surface area contributed by atoms with Gasteiger partial charge < -0.3 is 5.11 Å². The van der Waals surface area contributed by atoms with E-state index in [0.29, 0.717) is 0 Å². The molecule has 0 aliphatic carbocycles. The molecule has 1 aliphatic rings. The second-order valence-electron chi connectivity index (χ2n) is 4.71. The maximum absolute atomic E-state index is 12.6. The molecule has 0 saturated carbocycles. The topological polar surface area (TPSA) is 40.5 Å². The van der Waals surface area contributed by atoms with E-state index in [1.54, 1.807) is 0 Å². The number of alkyl halides is 4. The standard InChI is InChI=1S/C12H16FN.C2HF3O2/c13-9-12-7-4-8-14(12)10-11-5-2-1-3-6-11;3-2(4,5)1(6)7/h1-3,5-6,12H,4,7-10H2;(H,6,7). The van der Waals surface area contributed by atoms with Gasteiger partial charge in [-0.05, 0) is 24.9 Å². The van der Waals surface area contributed by atoms with Crippen LogP contribution >= 0.6 is 0 Å². The molecule has 21 heavy (non-hydrogen) atoms. The summed E-state index contributed by atoms with van der Waals surface area (Å²) in [7, 11) is 0. The molecule has 118 valence electrons. The van der Waals surface area contributed by atoms with E-state index in [2.05, 4.69) is 17.0 Å². The predicted octanol–water partition coefficient (Wildman–Crippen LogP) is 3.25. The third-order valence-corrected chi connectivity index (χ3v) is 3.15. The summed E-state index contributed by atoms with van der Waals surface area (Å²) in [6, 6.07) is 10.5. The van der Waals surface area contributed by atoms with Gasteiger partial charge in [0.25, 0.3) is 0 Å². The molecule has 2 rings (SSSR count). The zero-order chi connectivity index (χ0) is 15.9. The lowest BCUT2D eigenvalue weighted by molar-refractivity contribution is -0.192. The van der Waals surface area contributed by atoms with Gasteiger partial charge >= 0.3 is 12.1 Å². The average molecular weight is 307 g/mol. The van der Waals surface area contributed by atoms with Gasteiger partial charge in [0.1, 0.15) is 6.67 Å². The van der Waals surface area contributed by atoms with Gasteiger partial charge in [0.15, 0.2) is 0 Å². The number of aliphatic carboxylic acids is 1. The third kappa shape index (κ3) is 6.12. The van der Waals surface area contributed by atoms with Gasteiger partial charge in [-0.25, -0.2) is 9.18 Å². The number of rotatable bonds is 3. The quantitative estimate of drug-likeness (QED) is 0.872. The van der Waals surface area contributed by atoms with E-state index in [-0.39, 0.29) is 12.7 Å². The molecular weight excluding hydrogens is 290 g/mol. The molecule has 1 heterocycles. The molecule has 1 fully saturated rings. The Bertz CT molecular complexity index is 436. The van der Waals surface area contributed by atoms with Crippen molar-refractivity contribution in [1.29, 1.82) is 0 Å². The maximum Gasteiger partial charge on any atom is 0.490 e. The summed E-state index contributed by atoms with van der Waals surface area (Å²) in [5.74, 6) is -2.76. The Labute approximate surface area is 120 Å². The van der Waals surface area contributed by atoms with Gasteiger partial charge in [-0.1, -0.05) is 30.3 Å². The fourth-order valence-electron chi connectivity index (χ4n) is 2.10. The summed E-state index contributed by atoms with van der Waals surface area (Å²) < 4.78 is 44.3. The lowest BCUT2D eigenvalue weighted by atomic mass is 10.2. The lowest BCUT2D eigenvalue weighted by Crippen LogP contribution is -2.30. The number of benzene rings is 1. The van der Waals surface area contributed by atoms with Gasteiger partial charge in [0, 0.05) is 12.6 Å². The highest BCUT2D eigenvalue weighted by atomic mass is 19.4. The zero-order valence-corrected chi connectivity index (χ0v) is 11.3. The number of hydrogen-bond donors (Lipinski definition) is 1. The normalized spacial score (nSPS) is 19.0. The van der Waals surface area contributed by atoms with Crippen molar-refractivity contribution in [3.8, 4) is 0 Å². The van der Waals surface area contributed by atoms with E-state index >= 15 is 0 Å². The Morgan fingerprint density at radius 1 is 1.29 bits per heavy atom. The highest BCUT2D eigenvalue weighted by Crippen LogP contribution is 2.20. The third-order valence-electron chi connectivity index (χ3n) is 3.15. The average Bonchev–Trinajstić information content (AvgIpc) is 2.87. The van der Waals surface area contributed by atoms with Gasteiger partial charge in [-0.15, -0.1) is 0 Å². The van der Waals surface area contributed by atoms with Gasteiger partial charge in [0.05, 0.1) is 0 Å². The first-order valence-corrected chi connectivity index (χ1v) is 6.48. The number of carboxylic acids is 1. The first kappa shape index (κ1) is 17.4. The second kappa shape index (κ2) is 7.97. The molecule has 1 atom stereocenters. The van der Waals surface area contributed by atoms with Crippen molar-refractivity contribution in [2.24, 2.45) is 0 Å². The summed E-state index contributed by atoms with van der Waals surface area (Å²) >= 11 is 0. The molecule has 1 aromatic rings. The molecule has 1 N–H and O–H groups in total. The molecule has 1 saturated heterocycles. The van der Waals surface area contributed by atoms with E-state index in [9.17, 15) is 17.6 Å². The number of halogens is 4. The summed E-state index contributed by atoms with van der Waals surface area (Å²) in [6.45, 7) is 1.74. The maximum atomic E-state index is 12.6. The van der Waals surface area contributed by atoms with E-state index in [1.807, 2.05) is 18.2 Å². The van der Waals surface area contributed by atoms with Crippen LogP contribution in [0.2, 0.25) is 0 Å². The summed E-state index contributed by atoms with van der Waals surface area (Å²) in [5.41, 5.74) is 1.29. The molecule has 1 aromatic carbocycles. The van der Waals surface area contributed by atoms with Crippen LogP contribution in [0.3, 0.4) is 0 Å². The van der Waals surface area contributed by atoms with Crippen molar-refractivity contribution in [3.05, 3.63) is 35.9 Å². The predicted molar refractivity (Wildman–Crippen MR) is 69.5 cm³/mol. The van der Waals surface area contributed by atoms with Crippen LogP contribution in [0.4, 0.5) is 17.6 Å². The highest BCUT2D eigenvalue weighted by Gasteiger charge is 2.38. The zero-order valence-electron chi connectivity index (χ0n) is 11.3. The Kier molecular flexibility index (Phi) is 6.61. The molecule has 0 aromatic heterocycles. The number of carbonyl (C=O) groups is 1. The monoisotopic (exact) mass is 307 g/mol. The summed E-state index contributed by atoms with van der Waals surface area (Å²) in [5, 5.41) is 7.12. The van der Waals surface area contributed by atoms with E-state index in [1.165, 1.54) is 5.56 Å². The van der Waals surface area contributed by atoms with Crippen LogP contribution < -0.4 is 0 Å². The molecule has 1 aliphatic heterocycles. The summed E-state index contributed by atoms with van der Waals surface area (Å²) in [6.07, 6.45) is -2.93. The fraction of sp³-hybridized carbons (Fsp3) is 0.500. The van der Waals surface area contributed by atoms with Crippen LogP contribution in [0.5, 0.6) is 0 Å². The summed E-state index contributed by atoms with van der Waals surface area (Å²) in [4.78, 5) is 11.1. The van der Waals surface area contributed by atoms with Crippen molar-refractivity contribution in [1.82, 2.24) is 4.90 Å². The smallest absolute Gasteiger partial charge is 0.475 e. The van der Waals surface area contributed by atoms with Crippen molar-refractivity contribution in [3.63, 3.8) is 0 Å². The van der Waals surface area contributed by atoms with E-state index in [4.69, 9.17) is 9.90 Å². The van der Waals surface area contributed by atoms with E-state index in [0.717, 1.165) is 25.9 Å². The number of nitrogens with zero attached hydrogens (tertiary/aromatic N) is 1. The SMILES string of the molecule is FCC1CCCN1Cc1ccccc1.O=C(O)C(F)(F)F. The number of likely N-dealkylation sites (tertiary alicyclic amines) is 1. The Morgan fingerprint density at radius 2 is 1.86 bits per heavy atom. The Morgan fingerprint density at radius 3 is 2.33 bits per heavy atom. The van der Waals surface area contributed by atoms with Crippen LogP contribution in [0.25, 0.3) is 0 Å².